The number of hydrogen-bond donors (Lipinski definition) is 2. The van der Waals surface area contributed by atoms with Crippen LogP contribution in [0.25, 0.3) is 0 Å². The molecule has 0 aliphatic carbocycles. The minimum atomic E-state index is 0. The van der Waals surface area contributed by atoms with Crippen LogP contribution in [-0.2, 0) is 13.6 Å². The summed E-state index contributed by atoms with van der Waals surface area (Å²) in [6.45, 7) is 7.62. The maximum atomic E-state index is 4.69. The fourth-order valence-electron chi connectivity index (χ4n) is 2.38. The molecule has 0 aliphatic heterocycles. The van der Waals surface area contributed by atoms with Crippen molar-refractivity contribution in [3.8, 4) is 0 Å². The first-order chi connectivity index (χ1) is 12.0. The van der Waals surface area contributed by atoms with Crippen LogP contribution in [0.2, 0.25) is 0 Å². The van der Waals surface area contributed by atoms with E-state index in [1.807, 2.05) is 30.7 Å². The van der Waals surface area contributed by atoms with Gasteiger partial charge in [-0.25, -0.2) is 4.99 Å². The van der Waals surface area contributed by atoms with Crippen LogP contribution in [0.3, 0.4) is 0 Å². The Hall–Kier alpha value is -1.16. The van der Waals surface area contributed by atoms with Crippen LogP contribution in [-0.4, -0.2) is 27.3 Å². The molecule has 0 fully saturated rings. The molecular formula is C18H28BrIN6. The standard InChI is InChI=1S/C18H27BrN6.HI/c1-5-6-11-20-18(21-12-17-24-23-14(3)25(17)4)22-13(2)15-9-7-8-10-16(15)19;/h7-10,13H,5-6,11-12H2,1-4H3,(H2,20,21,22);1H. The van der Waals surface area contributed by atoms with Crippen LogP contribution >= 0.6 is 39.9 Å². The van der Waals surface area contributed by atoms with Crippen LogP contribution in [0.15, 0.2) is 33.7 Å². The second kappa shape index (κ2) is 11.5. The van der Waals surface area contributed by atoms with Gasteiger partial charge >= 0.3 is 0 Å². The summed E-state index contributed by atoms with van der Waals surface area (Å²) in [5, 5.41) is 15.1. The van der Waals surface area contributed by atoms with Crippen LogP contribution in [0, 0.1) is 6.92 Å². The molecule has 1 aromatic heterocycles. The van der Waals surface area contributed by atoms with Gasteiger partial charge in [0.25, 0.3) is 0 Å². The average molecular weight is 535 g/mol. The van der Waals surface area contributed by atoms with Crippen LogP contribution in [0.4, 0.5) is 0 Å². The Morgan fingerprint density at radius 2 is 2.04 bits per heavy atom. The maximum Gasteiger partial charge on any atom is 0.192 e. The fraction of sp³-hybridized carbons (Fsp3) is 0.500. The van der Waals surface area contributed by atoms with Crippen molar-refractivity contribution in [3.05, 3.63) is 46.0 Å². The number of unbranched alkanes of at least 4 members (excludes halogenated alkanes) is 1. The summed E-state index contributed by atoms with van der Waals surface area (Å²) in [5.74, 6) is 2.53. The molecule has 0 aliphatic rings. The lowest BCUT2D eigenvalue weighted by atomic mass is 10.1. The molecule has 0 saturated heterocycles. The van der Waals surface area contributed by atoms with Gasteiger partial charge in [-0.1, -0.05) is 47.5 Å². The molecule has 1 heterocycles. The quantitative estimate of drug-likeness (QED) is 0.243. The zero-order valence-corrected chi connectivity index (χ0v) is 19.7. The minimum Gasteiger partial charge on any atom is -0.356 e. The lowest BCUT2D eigenvalue weighted by molar-refractivity contribution is 0.661. The van der Waals surface area contributed by atoms with Crippen LogP contribution in [0.5, 0.6) is 0 Å². The van der Waals surface area contributed by atoms with Gasteiger partial charge in [-0.2, -0.15) is 0 Å². The number of hydrogen-bond acceptors (Lipinski definition) is 3. The fourth-order valence-corrected chi connectivity index (χ4v) is 3.01. The maximum absolute atomic E-state index is 4.69. The minimum absolute atomic E-state index is 0. The molecule has 0 saturated carbocycles. The Bertz CT molecular complexity index is 715. The number of aromatic nitrogens is 3. The van der Waals surface area contributed by atoms with Gasteiger partial charge in [0, 0.05) is 18.1 Å². The van der Waals surface area contributed by atoms with Crippen molar-refractivity contribution >= 4 is 45.9 Å². The highest BCUT2D eigenvalue weighted by Gasteiger charge is 2.11. The summed E-state index contributed by atoms with van der Waals surface area (Å²) < 4.78 is 3.05. The van der Waals surface area contributed by atoms with E-state index in [0.717, 1.165) is 41.5 Å². The highest BCUT2D eigenvalue weighted by molar-refractivity contribution is 14.0. The number of guanidine groups is 1. The highest BCUT2D eigenvalue weighted by Crippen LogP contribution is 2.22. The Labute approximate surface area is 181 Å². The topological polar surface area (TPSA) is 67.1 Å². The van der Waals surface area contributed by atoms with Crippen molar-refractivity contribution in [2.75, 3.05) is 6.54 Å². The van der Waals surface area contributed by atoms with Gasteiger partial charge in [0.1, 0.15) is 12.4 Å². The van der Waals surface area contributed by atoms with E-state index in [0.29, 0.717) is 6.54 Å². The summed E-state index contributed by atoms with van der Waals surface area (Å²) in [5.41, 5.74) is 1.20. The lowest BCUT2D eigenvalue weighted by Gasteiger charge is -2.19. The molecule has 0 amide bonds. The van der Waals surface area contributed by atoms with E-state index in [1.165, 1.54) is 5.56 Å². The molecule has 8 heteroatoms. The summed E-state index contributed by atoms with van der Waals surface area (Å²) >= 11 is 3.62. The van der Waals surface area contributed by atoms with E-state index in [9.17, 15) is 0 Å². The summed E-state index contributed by atoms with van der Waals surface area (Å²) in [6.07, 6.45) is 2.25. The first-order valence-electron chi connectivity index (χ1n) is 8.67. The van der Waals surface area contributed by atoms with Crippen molar-refractivity contribution in [1.82, 2.24) is 25.4 Å². The zero-order valence-electron chi connectivity index (χ0n) is 15.8. The van der Waals surface area contributed by atoms with Gasteiger partial charge in [0.05, 0.1) is 6.04 Å². The Balaban J connectivity index is 0.00000338. The Morgan fingerprint density at radius 3 is 2.65 bits per heavy atom. The highest BCUT2D eigenvalue weighted by atomic mass is 127. The number of aryl methyl sites for hydroxylation is 1. The predicted octanol–water partition coefficient (Wildman–Crippen LogP) is 4.10. The monoisotopic (exact) mass is 534 g/mol. The lowest BCUT2D eigenvalue weighted by Crippen LogP contribution is -2.39. The Kier molecular flexibility index (Phi) is 10.1. The van der Waals surface area contributed by atoms with Crippen molar-refractivity contribution in [2.45, 2.75) is 46.2 Å². The molecule has 1 atom stereocenters. The van der Waals surface area contributed by atoms with Gasteiger partial charge < -0.3 is 15.2 Å². The van der Waals surface area contributed by atoms with Gasteiger partial charge in [-0.3, -0.25) is 0 Å². The van der Waals surface area contributed by atoms with Gasteiger partial charge in [0.15, 0.2) is 11.8 Å². The molecule has 0 radical (unpaired) electrons. The van der Waals surface area contributed by atoms with Crippen molar-refractivity contribution in [1.29, 1.82) is 0 Å². The van der Waals surface area contributed by atoms with Crippen LogP contribution < -0.4 is 10.6 Å². The van der Waals surface area contributed by atoms with E-state index >= 15 is 0 Å². The Morgan fingerprint density at radius 1 is 1.31 bits per heavy atom. The molecule has 0 bridgehead atoms. The molecule has 26 heavy (non-hydrogen) atoms. The second-order valence-corrected chi connectivity index (χ2v) is 6.91. The third-order valence-corrected chi connectivity index (χ3v) is 4.83. The summed E-state index contributed by atoms with van der Waals surface area (Å²) in [6, 6.07) is 8.35. The first-order valence-corrected chi connectivity index (χ1v) is 9.46. The number of nitrogens with zero attached hydrogens (tertiary/aromatic N) is 4. The van der Waals surface area contributed by atoms with Gasteiger partial charge in [-0.15, -0.1) is 34.2 Å². The molecule has 2 aromatic rings. The third kappa shape index (κ3) is 6.53. The molecule has 0 spiro atoms. The van der Waals surface area contributed by atoms with Gasteiger partial charge in [-0.05, 0) is 31.9 Å². The number of halogens is 2. The normalized spacial score (nSPS) is 12.4. The number of rotatable bonds is 7. The molecule has 1 unspecified atom stereocenters. The smallest absolute Gasteiger partial charge is 0.192 e. The van der Waals surface area contributed by atoms with E-state index < -0.39 is 0 Å². The molecule has 2 N–H and O–H groups in total. The van der Waals surface area contributed by atoms with Gasteiger partial charge in [0.2, 0.25) is 0 Å². The molecule has 2 rings (SSSR count). The summed E-state index contributed by atoms with van der Waals surface area (Å²) in [4.78, 5) is 4.69. The van der Waals surface area contributed by atoms with Crippen LogP contribution in [0.1, 0.15) is 49.9 Å². The van der Waals surface area contributed by atoms with Crippen molar-refractivity contribution in [3.63, 3.8) is 0 Å². The number of aliphatic imine (C=N–C) groups is 1. The molecule has 144 valence electrons. The number of benzene rings is 1. The first kappa shape index (κ1) is 22.9. The largest absolute Gasteiger partial charge is 0.356 e. The predicted molar refractivity (Wildman–Crippen MR) is 121 cm³/mol. The summed E-state index contributed by atoms with van der Waals surface area (Å²) in [7, 11) is 1.96. The van der Waals surface area contributed by atoms with E-state index in [4.69, 9.17) is 4.99 Å². The number of nitrogens with one attached hydrogen (secondary N) is 2. The average Bonchev–Trinajstić information content (AvgIpc) is 2.92. The zero-order chi connectivity index (χ0) is 18.2. The molecule has 6 nitrogen and oxygen atoms in total. The SMILES string of the molecule is CCCCNC(=NCc1nnc(C)n1C)NC(C)c1ccccc1Br.I. The van der Waals surface area contributed by atoms with Crippen molar-refractivity contribution in [2.24, 2.45) is 12.0 Å². The van der Waals surface area contributed by atoms with E-state index in [2.05, 4.69) is 62.7 Å². The van der Waals surface area contributed by atoms with E-state index in [-0.39, 0.29) is 30.0 Å². The molecular weight excluding hydrogens is 507 g/mol. The second-order valence-electron chi connectivity index (χ2n) is 6.06. The van der Waals surface area contributed by atoms with Crippen molar-refractivity contribution < 1.29 is 0 Å². The van der Waals surface area contributed by atoms with E-state index in [1.54, 1.807) is 0 Å². The molecule has 1 aromatic carbocycles. The third-order valence-electron chi connectivity index (χ3n) is 4.11.